The van der Waals surface area contributed by atoms with Crippen molar-refractivity contribution in [1.29, 1.82) is 0 Å². The second-order valence-electron chi connectivity index (χ2n) is 6.08. The fourth-order valence-corrected chi connectivity index (χ4v) is 3.97. The molecule has 1 atom stereocenters. The van der Waals surface area contributed by atoms with Crippen LogP contribution in [0.4, 0.5) is 4.39 Å². The largest absolute Gasteiger partial charge is 0.342 e. The zero-order chi connectivity index (χ0) is 16.2. The molecule has 1 aliphatic rings. The Kier molecular flexibility index (Phi) is 5.06. The third-order valence-corrected chi connectivity index (χ3v) is 5.40. The van der Waals surface area contributed by atoms with Crippen LogP contribution in [0.15, 0.2) is 30.5 Å². The first kappa shape index (κ1) is 16.1. The molecule has 1 unspecified atom stereocenters. The van der Waals surface area contributed by atoms with Crippen LogP contribution in [-0.2, 0) is 11.2 Å². The van der Waals surface area contributed by atoms with Gasteiger partial charge < -0.3 is 4.90 Å². The van der Waals surface area contributed by atoms with Gasteiger partial charge in [0.15, 0.2) is 0 Å². The topological polar surface area (TPSA) is 33.2 Å². The van der Waals surface area contributed by atoms with E-state index in [2.05, 4.69) is 11.9 Å². The number of halogens is 1. The van der Waals surface area contributed by atoms with Gasteiger partial charge in [0.05, 0.1) is 5.01 Å². The minimum atomic E-state index is -0.227. The number of aryl methyl sites for hydroxylation is 2. The average Bonchev–Trinajstić information content (AvgIpc) is 3.00. The maximum Gasteiger partial charge on any atom is 0.222 e. The van der Waals surface area contributed by atoms with Crippen LogP contribution in [0, 0.1) is 12.7 Å². The van der Waals surface area contributed by atoms with Gasteiger partial charge in [-0.25, -0.2) is 9.37 Å². The van der Waals surface area contributed by atoms with Gasteiger partial charge in [0.2, 0.25) is 5.91 Å². The number of piperidine rings is 1. The van der Waals surface area contributed by atoms with E-state index >= 15 is 0 Å². The number of thiazole rings is 1. The van der Waals surface area contributed by atoms with Crippen LogP contribution in [0.25, 0.3) is 0 Å². The van der Waals surface area contributed by atoms with E-state index < -0.39 is 0 Å². The number of hydrogen-bond donors (Lipinski definition) is 0. The number of hydrogen-bond acceptors (Lipinski definition) is 3. The van der Waals surface area contributed by atoms with E-state index in [1.54, 1.807) is 23.5 Å². The van der Waals surface area contributed by atoms with Gasteiger partial charge in [-0.1, -0.05) is 18.2 Å². The Bertz CT molecular complexity index is 685. The fourth-order valence-electron chi connectivity index (χ4n) is 3.07. The number of carbonyl (C=O) groups is 1. The van der Waals surface area contributed by atoms with Gasteiger partial charge in [-0.15, -0.1) is 11.3 Å². The molecule has 2 heterocycles. The maximum absolute atomic E-state index is 13.6. The standard InChI is InChI=1S/C18H21FN2OS/c1-13-11-20-18(23-13)15-6-4-10-21(12-15)17(22)9-8-14-5-2-3-7-16(14)19/h2-3,5,7,11,15H,4,6,8-10,12H2,1H3. The predicted molar refractivity (Wildman–Crippen MR) is 90.1 cm³/mol. The second kappa shape index (κ2) is 7.21. The summed E-state index contributed by atoms with van der Waals surface area (Å²) in [5.41, 5.74) is 0.616. The molecule has 3 nitrogen and oxygen atoms in total. The van der Waals surface area contributed by atoms with Crippen LogP contribution < -0.4 is 0 Å². The van der Waals surface area contributed by atoms with E-state index in [1.165, 1.54) is 10.9 Å². The van der Waals surface area contributed by atoms with E-state index in [0.717, 1.165) is 30.9 Å². The third kappa shape index (κ3) is 3.96. The molecule has 1 fully saturated rings. The highest BCUT2D eigenvalue weighted by atomic mass is 32.1. The van der Waals surface area contributed by atoms with Crippen LogP contribution in [0.1, 0.15) is 40.6 Å². The Balaban J connectivity index is 1.58. The number of benzene rings is 1. The van der Waals surface area contributed by atoms with Crippen molar-refractivity contribution in [3.8, 4) is 0 Å². The molecule has 0 N–H and O–H groups in total. The van der Waals surface area contributed by atoms with Gasteiger partial charge in [0, 0.05) is 36.5 Å². The molecule has 2 aromatic rings. The Hall–Kier alpha value is -1.75. The van der Waals surface area contributed by atoms with Crippen LogP contribution in [0.5, 0.6) is 0 Å². The molecule has 1 aromatic heterocycles. The summed E-state index contributed by atoms with van der Waals surface area (Å²) < 4.78 is 13.6. The maximum atomic E-state index is 13.6. The molecule has 1 saturated heterocycles. The highest BCUT2D eigenvalue weighted by molar-refractivity contribution is 7.11. The number of carbonyl (C=O) groups excluding carboxylic acids is 1. The van der Waals surface area contributed by atoms with E-state index in [9.17, 15) is 9.18 Å². The Labute approximate surface area is 140 Å². The van der Waals surface area contributed by atoms with Crippen molar-refractivity contribution >= 4 is 17.2 Å². The molecule has 23 heavy (non-hydrogen) atoms. The molecule has 0 aliphatic carbocycles. The monoisotopic (exact) mass is 332 g/mol. The smallest absolute Gasteiger partial charge is 0.222 e. The molecule has 0 saturated carbocycles. The lowest BCUT2D eigenvalue weighted by Gasteiger charge is -2.32. The molecular formula is C18H21FN2OS. The summed E-state index contributed by atoms with van der Waals surface area (Å²) in [7, 11) is 0. The number of aromatic nitrogens is 1. The Morgan fingerprint density at radius 2 is 2.26 bits per heavy atom. The molecule has 122 valence electrons. The van der Waals surface area contributed by atoms with Crippen molar-refractivity contribution in [1.82, 2.24) is 9.88 Å². The normalized spacial score (nSPS) is 18.2. The number of amides is 1. The molecule has 0 spiro atoms. The summed E-state index contributed by atoms with van der Waals surface area (Å²) in [5.74, 6) is 0.237. The van der Waals surface area contributed by atoms with Gasteiger partial charge in [0.1, 0.15) is 5.82 Å². The van der Waals surface area contributed by atoms with Crippen molar-refractivity contribution in [2.45, 2.75) is 38.5 Å². The number of nitrogens with zero attached hydrogens (tertiary/aromatic N) is 2. The van der Waals surface area contributed by atoms with Gasteiger partial charge in [-0.05, 0) is 37.8 Å². The van der Waals surface area contributed by atoms with Crippen LogP contribution in [-0.4, -0.2) is 28.9 Å². The summed E-state index contributed by atoms with van der Waals surface area (Å²) in [4.78, 5) is 20.1. The van der Waals surface area contributed by atoms with Crippen molar-refractivity contribution in [2.24, 2.45) is 0 Å². The first-order valence-electron chi connectivity index (χ1n) is 8.07. The van der Waals surface area contributed by atoms with Crippen LogP contribution in [0.3, 0.4) is 0 Å². The molecule has 0 bridgehead atoms. The number of rotatable bonds is 4. The highest BCUT2D eigenvalue weighted by Gasteiger charge is 2.26. The van der Waals surface area contributed by atoms with Gasteiger partial charge in [-0.3, -0.25) is 4.79 Å². The Morgan fingerprint density at radius 1 is 1.43 bits per heavy atom. The fraction of sp³-hybridized carbons (Fsp3) is 0.444. The van der Waals surface area contributed by atoms with Gasteiger partial charge >= 0.3 is 0 Å². The van der Waals surface area contributed by atoms with Gasteiger partial charge in [0.25, 0.3) is 0 Å². The lowest BCUT2D eigenvalue weighted by atomic mass is 9.98. The zero-order valence-corrected chi connectivity index (χ0v) is 14.1. The second-order valence-corrected chi connectivity index (χ2v) is 7.35. The zero-order valence-electron chi connectivity index (χ0n) is 13.3. The third-order valence-electron chi connectivity index (χ3n) is 4.33. The first-order chi connectivity index (χ1) is 11.1. The summed E-state index contributed by atoms with van der Waals surface area (Å²) in [5, 5.41) is 1.13. The minimum absolute atomic E-state index is 0.117. The molecule has 3 rings (SSSR count). The van der Waals surface area contributed by atoms with Crippen molar-refractivity contribution < 1.29 is 9.18 Å². The molecule has 1 amide bonds. The molecule has 1 aromatic carbocycles. The first-order valence-corrected chi connectivity index (χ1v) is 8.88. The molecule has 5 heteroatoms. The SMILES string of the molecule is Cc1cnc(C2CCCN(C(=O)CCc3ccccc3F)C2)s1. The van der Waals surface area contributed by atoms with E-state index in [0.29, 0.717) is 24.3 Å². The number of likely N-dealkylation sites (tertiary alicyclic amines) is 1. The summed E-state index contributed by atoms with van der Waals surface area (Å²) in [6.45, 7) is 3.60. The quantitative estimate of drug-likeness (QED) is 0.850. The van der Waals surface area contributed by atoms with Crippen molar-refractivity contribution in [3.63, 3.8) is 0 Å². The lowest BCUT2D eigenvalue weighted by molar-refractivity contribution is -0.132. The van der Waals surface area contributed by atoms with Crippen LogP contribution >= 0.6 is 11.3 Å². The van der Waals surface area contributed by atoms with Crippen LogP contribution in [0.2, 0.25) is 0 Å². The van der Waals surface area contributed by atoms with E-state index in [-0.39, 0.29) is 11.7 Å². The van der Waals surface area contributed by atoms with E-state index in [4.69, 9.17) is 0 Å². The highest BCUT2D eigenvalue weighted by Crippen LogP contribution is 2.30. The summed E-state index contributed by atoms with van der Waals surface area (Å²) in [6, 6.07) is 6.68. The Morgan fingerprint density at radius 3 is 3.00 bits per heavy atom. The van der Waals surface area contributed by atoms with Gasteiger partial charge in [-0.2, -0.15) is 0 Å². The lowest BCUT2D eigenvalue weighted by Crippen LogP contribution is -2.39. The average molecular weight is 332 g/mol. The molecule has 1 aliphatic heterocycles. The summed E-state index contributed by atoms with van der Waals surface area (Å²) in [6.07, 6.45) is 4.82. The van der Waals surface area contributed by atoms with Crippen molar-refractivity contribution in [3.05, 3.63) is 51.7 Å². The summed E-state index contributed by atoms with van der Waals surface area (Å²) >= 11 is 1.72. The van der Waals surface area contributed by atoms with Crippen molar-refractivity contribution in [2.75, 3.05) is 13.1 Å². The molecular weight excluding hydrogens is 311 g/mol. The molecule has 0 radical (unpaired) electrons. The van der Waals surface area contributed by atoms with E-state index in [1.807, 2.05) is 17.2 Å². The predicted octanol–water partition coefficient (Wildman–Crippen LogP) is 3.93. The minimum Gasteiger partial charge on any atom is -0.342 e.